The number of carbonyl (C=O) groups excluding carboxylic acids is 2. The highest BCUT2D eigenvalue weighted by atomic mass is 32.1. The third kappa shape index (κ3) is 4.91. The Labute approximate surface area is 180 Å². The van der Waals surface area contributed by atoms with Crippen molar-refractivity contribution >= 4 is 28.7 Å². The fraction of sp³-hybridized carbons (Fsp3) is 0.304. The van der Waals surface area contributed by atoms with Gasteiger partial charge in [0.25, 0.3) is 0 Å². The minimum atomic E-state index is -0.0383. The second-order valence-electron chi connectivity index (χ2n) is 6.97. The van der Waals surface area contributed by atoms with Crippen LogP contribution in [0.25, 0.3) is 10.6 Å². The van der Waals surface area contributed by atoms with Gasteiger partial charge in [-0.25, -0.2) is 0 Å². The lowest BCUT2D eigenvalue weighted by Gasteiger charge is -2.19. The average molecular weight is 424 g/mol. The van der Waals surface area contributed by atoms with Crippen molar-refractivity contribution < 1.29 is 14.3 Å². The number of anilines is 1. The van der Waals surface area contributed by atoms with E-state index in [-0.39, 0.29) is 12.3 Å². The van der Waals surface area contributed by atoms with Crippen LogP contribution in [0.1, 0.15) is 41.3 Å². The van der Waals surface area contributed by atoms with E-state index in [1.54, 1.807) is 18.1 Å². The number of benzene rings is 2. The van der Waals surface area contributed by atoms with Gasteiger partial charge in [0.05, 0.1) is 13.5 Å². The molecule has 0 aliphatic carbocycles. The molecule has 1 aromatic heterocycles. The Morgan fingerprint density at radius 1 is 1.20 bits per heavy atom. The van der Waals surface area contributed by atoms with Gasteiger partial charge in [-0.05, 0) is 31.0 Å². The van der Waals surface area contributed by atoms with Crippen LogP contribution in [0.2, 0.25) is 0 Å². The van der Waals surface area contributed by atoms with E-state index in [1.165, 1.54) is 11.3 Å². The summed E-state index contributed by atoms with van der Waals surface area (Å²) in [6, 6.07) is 13.0. The first-order valence-electron chi connectivity index (χ1n) is 9.89. The molecule has 1 heterocycles. The molecule has 0 saturated heterocycles. The first kappa shape index (κ1) is 21.6. The van der Waals surface area contributed by atoms with Gasteiger partial charge in [-0.3, -0.25) is 14.5 Å². The normalized spacial score (nSPS) is 10.6. The van der Waals surface area contributed by atoms with Crippen LogP contribution in [0.15, 0.2) is 42.5 Å². The summed E-state index contributed by atoms with van der Waals surface area (Å²) >= 11 is 1.38. The molecule has 0 fully saturated rings. The number of rotatable bonds is 9. The number of unbranched alkanes of at least 4 members (excludes halogenated alkanes) is 1. The standard InChI is InChI=1S/C23H25N3O3S/c1-4-5-12-26(21(28)14-18-8-6-7-9-20(18)29-3)23-25-24-22(30-23)19-11-10-17(15-27)13-16(19)2/h6-11,13,15H,4-5,12,14H2,1-3H3. The number of carbonyl (C=O) groups is 2. The van der Waals surface area contributed by atoms with Gasteiger partial charge < -0.3 is 4.74 Å². The third-order valence-electron chi connectivity index (χ3n) is 4.83. The lowest BCUT2D eigenvalue weighted by molar-refractivity contribution is -0.118. The lowest BCUT2D eigenvalue weighted by Crippen LogP contribution is -2.33. The van der Waals surface area contributed by atoms with E-state index < -0.39 is 0 Å². The summed E-state index contributed by atoms with van der Waals surface area (Å²) in [4.78, 5) is 25.9. The van der Waals surface area contributed by atoms with Crippen LogP contribution in [0, 0.1) is 6.92 Å². The molecule has 30 heavy (non-hydrogen) atoms. The number of aryl methyl sites for hydroxylation is 1. The predicted octanol–water partition coefficient (Wildman–Crippen LogP) is 4.71. The van der Waals surface area contributed by atoms with E-state index in [1.807, 2.05) is 43.3 Å². The number of amides is 1. The fourth-order valence-corrected chi connectivity index (χ4v) is 4.16. The second kappa shape index (κ2) is 10.1. The Balaban J connectivity index is 1.87. The molecular weight excluding hydrogens is 398 g/mol. The summed E-state index contributed by atoms with van der Waals surface area (Å²) in [6.45, 7) is 4.61. The van der Waals surface area contributed by atoms with Gasteiger partial charge in [-0.1, -0.05) is 55.0 Å². The van der Waals surface area contributed by atoms with Gasteiger partial charge in [0.2, 0.25) is 11.0 Å². The van der Waals surface area contributed by atoms with E-state index in [2.05, 4.69) is 17.1 Å². The molecule has 156 valence electrons. The molecule has 0 aliphatic rings. The number of nitrogens with zero attached hydrogens (tertiary/aromatic N) is 3. The van der Waals surface area contributed by atoms with Gasteiger partial charge in [-0.2, -0.15) is 0 Å². The van der Waals surface area contributed by atoms with Crippen molar-refractivity contribution in [2.75, 3.05) is 18.6 Å². The summed E-state index contributed by atoms with van der Waals surface area (Å²) < 4.78 is 5.39. The van der Waals surface area contributed by atoms with Crippen molar-refractivity contribution in [3.63, 3.8) is 0 Å². The van der Waals surface area contributed by atoms with Gasteiger partial charge in [0, 0.05) is 23.2 Å². The van der Waals surface area contributed by atoms with Crippen LogP contribution in [-0.4, -0.2) is 36.0 Å². The lowest BCUT2D eigenvalue weighted by atomic mass is 10.1. The minimum Gasteiger partial charge on any atom is -0.496 e. The van der Waals surface area contributed by atoms with Crippen LogP contribution in [0.5, 0.6) is 5.75 Å². The third-order valence-corrected chi connectivity index (χ3v) is 5.81. The molecule has 0 bridgehead atoms. The van der Waals surface area contributed by atoms with Gasteiger partial charge in [0.1, 0.15) is 17.0 Å². The number of methoxy groups -OCH3 is 1. The number of hydrogen-bond acceptors (Lipinski definition) is 6. The molecule has 7 heteroatoms. The first-order chi connectivity index (χ1) is 14.6. The molecule has 6 nitrogen and oxygen atoms in total. The van der Waals surface area contributed by atoms with E-state index in [4.69, 9.17) is 4.74 Å². The van der Waals surface area contributed by atoms with Crippen molar-refractivity contribution in [1.82, 2.24) is 10.2 Å². The molecule has 1 amide bonds. The van der Waals surface area contributed by atoms with Crippen molar-refractivity contribution in [2.24, 2.45) is 0 Å². The zero-order valence-corrected chi connectivity index (χ0v) is 18.2. The molecule has 3 rings (SSSR count). The number of hydrogen-bond donors (Lipinski definition) is 0. The summed E-state index contributed by atoms with van der Waals surface area (Å²) in [5.41, 5.74) is 3.33. The SMILES string of the molecule is CCCCN(C(=O)Cc1ccccc1OC)c1nnc(-c2ccc(C=O)cc2C)s1. The van der Waals surface area contributed by atoms with Crippen molar-refractivity contribution in [1.29, 1.82) is 0 Å². The minimum absolute atomic E-state index is 0.0383. The Bertz CT molecular complexity index is 1030. The van der Waals surface area contributed by atoms with Gasteiger partial charge in [0.15, 0.2) is 0 Å². The molecule has 3 aromatic rings. The van der Waals surface area contributed by atoms with E-state index in [0.29, 0.717) is 23.0 Å². The molecule has 0 atom stereocenters. The molecule has 2 aromatic carbocycles. The van der Waals surface area contributed by atoms with Gasteiger partial charge in [-0.15, -0.1) is 10.2 Å². The zero-order valence-electron chi connectivity index (χ0n) is 17.4. The highest BCUT2D eigenvalue weighted by molar-refractivity contribution is 7.18. The number of aldehydes is 1. The molecule has 0 unspecified atom stereocenters. The average Bonchev–Trinajstić information content (AvgIpc) is 3.23. The Morgan fingerprint density at radius 3 is 2.70 bits per heavy atom. The van der Waals surface area contributed by atoms with Crippen molar-refractivity contribution in [2.45, 2.75) is 33.1 Å². The van der Waals surface area contributed by atoms with Crippen LogP contribution < -0.4 is 9.64 Å². The predicted molar refractivity (Wildman–Crippen MR) is 119 cm³/mol. The number of para-hydroxylation sites is 1. The topological polar surface area (TPSA) is 72.4 Å². The molecule has 0 radical (unpaired) electrons. The monoisotopic (exact) mass is 423 g/mol. The maximum absolute atomic E-state index is 13.2. The zero-order chi connectivity index (χ0) is 21.5. The molecule has 0 N–H and O–H groups in total. The second-order valence-corrected chi connectivity index (χ2v) is 7.93. The largest absolute Gasteiger partial charge is 0.496 e. The molecule has 0 saturated carbocycles. The maximum atomic E-state index is 13.2. The Hall–Kier alpha value is -3.06. The van der Waals surface area contributed by atoms with E-state index >= 15 is 0 Å². The van der Waals surface area contributed by atoms with E-state index in [9.17, 15) is 9.59 Å². The Kier molecular flexibility index (Phi) is 7.30. The molecule has 0 aliphatic heterocycles. The first-order valence-corrected chi connectivity index (χ1v) is 10.7. The number of ether oxygens (including phenoxy) is 1. The van der Waals surface area contributed by atoms with Crippen LogP contribution in [-0.2, 0) is 11.2 Å². The fourth-order valence-electron chi connectivity index (χ4n) is 3.18. The summed E-state index contributed by atoms with van der Waals surface area (Å²) in [5, 5.41) is 9.93. The van der Waals surface area contributed by atoms with Crippen molar-refractivity contribution in [3.05, 3.63) is 59.2 Å². The smallest absolute Gasteiger partial charge is 0.233 e. The van der Waals surface area contributed by atoms with Crippen molar-refractivity contribution in [3.8, 4) is 16.3 Å². The van der Waals surface area contributed by atoms with Gasteiger partial charge >= 0.3 is 0 Å². The maximum Gasteiger partial charge on any atom is 0.233 e. The number of aromatic nitrogens is 2. The molecule has 0 spiro atoms. The Morgan fingerprint density at radius 2 is 2.00 bits per heavy atom. The highest BCUT2D eigenvalue weighted by Crippen LogP contribution is 2.32. The summed E-state index contributed by atoms with van der Waals surface area (Å²) in [7, 11) is 1.60. The van der Waals surface area contributed by atoms with Crippen LogP contribution >= 0.6 is 11.3 Å². The summed E-state index contributed by atoms with van der Waals surface area (Å²) in [6.07, 6.45) is 2.90. The summed E-state index contributed by atoms with van der Waals surface area (Å²) in [5.74, 6) is 0.661. The molecular formula is C23H25N3O3S. The quantitative estimate of drug-likeness (QED) is 0.466. The van der Waals surface area contributed by atoms with Crippen LogP contribution in [0.4, 0.5) is 5.13 Å². The van der Waals surface area contributed by atoms with E-state index in [0.717, 1.165) is 40.8 Å². The highest BCUT2D eigenvalue weighted by Gasteiger charge is 2.22. The van der Waals surface area contributed by atoms with Crippen LogP contribution in [0.3, 0.4) is 0 Å².